The number of hydrogen-bond donors (Lipinski definition) is 1. The number of phenolic OH excluding ortho intramolecular Hbond substituents is 1. The van der Waals surface area contributed by atoms with Crippen molar-refractivity contribution in [2.75, 3.05) is 6.61 Å². The van der Waals surface area contributed by atoms with Gasteiger partial charge in [0.2, 0.25) is 0 Å². The van der Waals surface area contributed by atoms with Gasteiger partial charge in [0.1, 0.15) is 5.75 Å². The Morgan fingerprint density at radius 1 is 1.58 bits per heavy atom. The normalized spacial score (nSPS) is 14.1. The second-order valence-corrected chi connectivity index (χ2v) is 1.94. The largest absolute Gasteiger partial charge is 0.508 e. The second-order valence-electron chi connectivity index (χ2n) is 1.94. The van der Waals surface area contributed by atoms with E-state index in [2.05, 4.69) is 4.74 Å². The van der Waals surface area contributed by atoms with E-state index in [4.69, 9.17) is 5.48 Å². The summed E-state index contributed by atoms with van der Waals surface area (Å²) in [5.41, 5.74) is -0.463. The minimum absolute atomic E-state index is 0.0687. The van der Waals surface area contributed by atoms with Crippen LogP contribution in [0.2, 0.25) is 0 Å². The van der Waals surface area contributed by atoms with Crippen molar-refractivity contribution in [3.05, 3.63) is 29.7 Å². The van der Waals surface area contributed by atoms with Gasteiger partial charge in [-0.3, -0.25) is 0 Å². The Balaban J connectivity index is 3.45. The number of carbonyl (C=O) groups is 1. The minimum Gasteiger partial charge on any atom is -0.508 e. The third-order valence-electron chi connectivity index (χ3n) is 1.09. The Bertz CT molecular complexity index is 416. The summed E-state index contributed by atoms with van der Waals surface area (Å²) in [6, 6.07) is -2.50. The van der Waals surface area contributed by atoms with Gasteiger partial charge in [-0.05, 0) is 31.1 Å². The quantitative estimate of drug-likeness (QED) is 0.685. The maximum absolute atomic E-state index is 11.4. The van der Waals surface area contributed by atoms with Gasteiger partial charge in [0.05, 0.1) is 17.7 Å². The number of esters is 1. The van der Waals surface area contributed by atoms with Crippen molar-refractivity contribution in [3.63, 3.8) is 0 Å². The van der Waals surface area contributed by atoms with Crippen LogP contribution in [0.3, 0.4) is 0 Å². The first-order chi connectivity index (χ1) is 7.41. The highest BCUT2D eigenvalue weighted by atomic mass is 16.5. The molecule has 1 N–H and O–H groups in total. The fourth-order valence-electron chi connectivity index (χ4n) is 0.611. The summed E-state index contributed by atoms with van der Waals surface area (Å²) in [7, 11) is 0. The van der Waals surface area contributed by atoms with Crippen LogP contribution in [0.15, 0.2) is 24.2 Å². The molecular formula is C9H10O3. The molecule has 0 saturated heterocycles. The molecule has 3 nitrogen and oxygen atoms in total. The lowest BCUT2D eigenvalue weighted by atomic mass is 10.2. The van der Waals surface area contributed by atoms with Crippen molar-refractivity contribution >= 4 is 5.97 Å². The van der Waals surface area contributed by atoms with Crippen molar-refractivity contribution in [1.82, 2.24) is 0 Å². The molecule has 1 rings (SSSR count). The third-order valence-corrected chi connectivity index (χ3v) is 1.09. The van der Waals surface area contributed by atoms with Gasteiger partial charge < -0.3 is 9.84 Å². The van der Waals surface area contributed by atoms with E-state index in [1.54, 1.807) is 6.92 Å². The lowest BCUT2D eigenvalue weighted by molar-refractivity contribution is 0.0526. The van der Waals surface area contributed by atoms with E-state index in [1.807, 2.05) is 0 Å². The van der Waals surface area contributed by atoms with Crippen molar-refractivity contribution in [2.24, 2.45) is 0 Å². The molecule has 0 aliphatic rings. The number of ether oxygens (including phenoxy) is 1. The van der Waals surface area contributed by atoms with Crippen LogP contribution in [0.1, 0.15) is 22.8 Å². The molecule has 12 heavy (non-hydrogen) atoms. The van der Waals surface area contributed by atoms with E-state index >= 15 is 0 Å². The second kappa shape index (κ2) is 3.76. The minimum atomic E-state index is -0.931. The Hall–Kier alpha value is -1.51. The maximum atomic E-state index is 11.4. The molecule has 0 fully saturated rings. The molecule has 64 valence electrons. The molecule has 0 amide bonds. The zero-order chi connectivity index (χ0) is 12.5. The molecular weight excluding hydrogens is 156 g/mol. The van der Waals surface area contributed by atoms with Crippen LogP contribution in [0.5, 0.6) is 5.75 Å². The number of carbonyl (C=O) groups excluding carboxylic acids is 1. The Morgan fingerprint density at radius 2 is 2.17 bits per heavy atom. The van der Waals surface area contributed by atoms with Gasteiger partial charge in [0, 0.05) is 0 Å². The van der Waals surface area contributed by atoms with E-state index < -0.39 is 41.5 Å². The fraction of sp³-hybridized carbons (Fsp3) is 0.222. The van der Waals surface area contributed by atoms with Gasteiger partial charge in [-0.25, -0.2) is 4.79 Å². The van der Waals surface area contributed by atoms with Gasteiger partial charge in [-0.2, -0.15) is 0 Å². The van der Waals surface area contributed by atoms with Gasteiger partial charge in [-0.1, -0.05) is 0 Å². The molecule has 0 heterocycles. The average Bonchev–Trinajstić information content (AvgIpc) is 2.24. The van der Waals surface area contributed by atoms with Crippen molar-refractivity contribution in [2.45, 2.75) is 6.92 Å². The fourth-order valence-corrected chi connectivity index (χ4v) is 0.611. The predicted molar refractivity (Wildman–Crippen MR) is 44.1 cm³/mol. The van der Waals surface area contributed by atoms with E-state index in [0.717, 1.165) is 0 Å². The van der Waals surface area contributed by atoms with Crippen LogP contribution >= 0.6 is 0 Å². The molecule has 1 aromatic carbocycles. The van der Waals surface area contributed by atoms with E-state index in [1.165, 1.54) is 0 Å². The molecule has 0 unspecified atom stereocenters. The summed E-state index contributed by atoms with van der Waals surface area (Å²) in [6.07, 6.45) is 0. The number of hydrogen-bond acceptors (Lipinski definition) is 3. The Kier molecular flexibility index (Phi) is 1.41. The van der Waals surface area contributed by atoms with Crippen LogP contribution in [-0.4, -0.2) is 17.7 Å². The summed E-state index contributed by atoms with van der Waals surface area (Å²) in [5.74, 6) is -1.71. The van der Waals surface area contributed by atoms with Crippen molar-refractivity contribution in [1.29, 1.82) is 0 Å². The first-order valence-electron chi connectivity index (χ1n) is 5.38. The molecule has 1 aromatic rings. The first-order valence-corrected chi connectivity index (χ1v) is 3.38. The summed E-state index contributed by atoms with van der Waals surface area (Å²) >= 11 is 0. The highest BCUT2D eigenvalue weighted by Gasteiger charge is 2.04. The third kappa shape index (κ3) is 1.99. The maximum Gasteiger partial charge on any atom is 0.338 e. The molecule has 3 heteroatoms. The molecule has 0 atom stereocenters. The molecule has 0 aromatic heterocycles. The van der Waals surface area contributed by atoms with Gasteiger partial charge in [0.15, 0.2) is 0 Å². The highest BCUT2D eigenvalue weighted by molar-refractivity contribution is 5.89. The van der Waals surface area contributed by atoms with Crippen LogP contribution in [0.4, 0.5) is 0 Å². The SMILES string of the molecule is [2H]c1c([2H])c(C(=O)OCC)c([2H])c([2H])c1O. The van der Waals surface area contributed by atoms with E-state index in [0.29, 0.717) is 0 Å². The van der Waals surface area contributed by atoms with Crippen LogP contribution in [0, 0.1) is 0 Å². The monoisotopic (exact) mass is 170 g/mol. The molecule has 0 saturated carbocycles. The van der Waals surface area contributed by atoms with Crippen LogP contribution < -0.4 is 0 Å². The molecule has 0 spiro atoms. The topological polar surface area (TPSA) is 46.5 Å². The zero-order valence-corrected chi connectivity index (χ0v) is 6.47. The zero-order valence-electron chi connectivity index (χ0n) is 10.5. The number of benzene rings is 1. The standard InChI is InChI=1S/C9H10O3/c1-2-12-9(11)7-3-5-8(10)6-4-7/h3-6,10H,2H2,1H3/i3D,4D,5D,6D. The number of aromatic hydroxyl groups is 1. The van der Waals surface area contributed by atoms with E-state index in [9.17, 15) is 9.90 Å². The van der Waals surface area contributed by atoms with E-state index in [-0.39, 0.29) is 6.61 Å². The van der Waals surface area contributed by atoms with Gasteiger partial charge >= 0.3 is 5.97 Å². The summed E-state index contributed by atoms with van der Waals surface area (Å²) in [6.45, 7) is 1.63. The summed E-state index contributed by atoms with van der Waals surface area (Å²) < 4.78 is 34.1. The van der Waals surface area contributed by atoms with Crippen molar-refractivity contribution < 1.29 is 20.1 Å². The lowest BCUT2D eigenvalue weighted by Gasteiger charge is -2.00. The van der Waals surface area contributed by atoms with Crippen LogP contribution in [-0.2, 0) is 4.74 Å². The molecule has 0 radical (unpaired) electrons. The Morgan fingerprint density at radius 3 is 2.67 bits per heavy atom. The Labute approximate surface area is 76.2 Å². The molecule has 0 aliphatic carbocycles. The number of phenols is 1. The number of rotatable bonds is 2. The smallest absolute Gasteiger partial charge is 0.338 e. The molecule has 0 aliphatic heterocycles. The summed E-state index contributed by atoms with van der Waals surface area (Å²) in [4.78, 5) is 11.4. The summed E-state index contributed by atoms with van der Waals surface area (Å²) in [5, 5.41) is 9.24. The van der Waals surface area contributed by atoms with Crippen LogP contribution in [0.25, 0.3) is 0 Å². The molecule has 0 bridgehead atoms. The lowest BCUT2D eigenvalue weighted by Crippen LogP contribution is -2.03. The average molecular weight is 170 g/mol. The van der Waals surface area contributed by atoms with Gasteiger partial charge in [-0.15, -0.1) is 0 Å². The van der Waals surface area contributed by atoms with Crippen molar-refractivity contribution in [3.8, 4) is 5.75 Å². The predicted octanol–water partition coefficient (Wildman–Crippen LogP) is 1.57. The van der Waals surface area contributed by atoms with Gasteiger partial charge in [0.25, 0.3) is 0 Å². The highest BCUT2D eigenvalue weighted by Crippen LogP contribution is 2.10. The first kappa shape index (κ1) is 4.50.